The zero-order valence-electron chi connectivity index (χ0n) is 16.4. The summed E-state index contributed by atoms with van der Waals surface area (Å²) in [6.07, 6.45) is 5.67. The Kier molecular flexibility index (Phi) is 4.69. The summed E-state index contributed by atoms with van der Waals surface area (Å²) in [5, 5.41) is 15.3. The second kappa shape index (κ2) is 7.79. The van der Waals surface area contributed by atoms with Gasteiger partial charge in [0.15, 0.2) is 0 Å². The van der Waals surface area contributed by atoms with Gasteiger partial charge in [-0.1, -0.05) is 47.1 Å². The summed E-state index contributed by atoms with van der Waals surface area (Å²) in [6.45, 7) is 2.61. The number of hydrogen-bond acceptors (Lipinski definition) is 6. The number of nitrogens with zero attached hydrogens (tertiary/aromatic N) is 5. The van der Waals surface area contributed by atoms with E-state index in [0.717, 1.165) is 28.1 Å². The van der Waals surface area contributed by atoms with Crippen molar-refractivity contribution in [3.05, 3.63) is 101 Å². The lowest BCUT2D eigenvalue weighted by molar-refractivity contribution is 0.306. The first-order chi connectivity index (χ1) is 14.8. The minimum atomic E-state index is -0.127. The minimum absolute atomic E-state index is 0.127. The van der Waals surface area contributed by atoms with Crippen LogP contribution in [0.2, 0.25) is 0 Å². The van der Waals surface area contributed by atoms with E-state index in [0.29, 0.717) is 12.6 Å². The van der Waals surface area contributed by atoms with Crippen molar-refractivity contribution in [1.82, 2.24) is 25.2 Å². The van der Waals surface area contributed by atoms with Crippen molar-refractivity contribution in [3.8, 4) is 5.75 Å². The van der Waals surface area contributed by atoms with E-state index in [1.165, 1.54) is 5.56 Å². The molecule has 4 aromatic rings. The normalized spacial score (nSPS) is 15.1. The number of ether oxygens (including phenoxy) is 1. The van der Waals surface area contributed by atoms with E-state index >= 15 is 0 Å². The fraction of sp³-hybridized carbons (Fsp3) is 0.130. The van der Waals surface area contributed by atoms with Crippen LogP contribution in [-0.2, 0) is 6.61 Å². The molecule has 0 unspecified atom stereocenters. The van der Waals surface area contributed by atoms with Crippen LogP contribution in [0.4, 0.5) is 5.95 Å². The Bertz CT molecular complexity index is 1170. The van der Waals surface area contributed by atoms with E-state index in [4.69, 9.17) is 4.74 Å². The summed E-state index contributed by atoms with van der Waals surface area (Å²) in [6, 6.07) is 20.2. The number of tetrazole rings is 1. The Balaban J connectivity index is 1.37. The Labute approximate surface area is 174 Å². The molecule has 0 saturated heterocycles. The maximum absolute atomic E-state index is 5.94. The Morgan fingerprint density at radius 2 is 1.87 bits per heavy atom. The van der Waals surface area contributed by atoms with Gasteiger partial charge in [0.2, 0.25) is 5.95 Å². The lowest BCUT2D eigenvalue weighted by atomic mass is 10.0. The fourth-order valence-corrected chi connectivity index (χ4v) is 3.39. The van der Waals surface area contributed by atoms with Crippen LogP contribution in [0.3, 0.4) is 0 Å². The summed E-state index contributed by atoms with van der Waals surface area (Å²) in [7, 11) is 0. The molecule has 3 heterocycles. The van der Waals surface area contributed by atoms with Crippen molar-refractivity contribution in [2.75, 3.05) is 5.32 Å². The van der Waals surface area contributed by atoms with Crippen molar-refractivity contribution >= 4 is 11.6 Å². The molecular formula is C23H20N6O. The van der Waals surface area contributed by atoms with Crippen molar-refractivity contribution in [3.63, 3.8) is 0 Å². The third-order valence-corrected chi connectivity index (χ3v) is 5.05. The molecule has 1 N–H and O–H groups in total. The lowest BCUT2D eigenvalue weighted by Gasteiger charge is -2.23. The first kappa shape index (κ1) is 18.1. The van der Waals surface area contributed by atoms with Crippen molar-refractivity contribution < 1.29 is 4.74 Å². The van der Waals surface area contributed by atoms with E-state index < -0.39 is 0 Å². The summed E-state index contributed by atoms with van der Waals surface area (Å²) in [5.41, 5.74) is 5.36. The Morgan fingerprint density at radius 3 is 2.63 bits per heavy atom. The van der Waals surface area contributed by atoms with Gasteiger partial charge in [-0.25, -0.2) is 0 Å². The highest BCUT2D eigenvalue weighted by molar-refractivity contribution is 5.76. The summed E-state index contributed by atoms with van der Waals surface area (Å²) in [5.74, 6) is 1.42. The second-order valence-corrected chi connectivity index (χ2v) is 7.18. The number of allylic oxidation sites excluding steroid dienone is 1. The van der Waals surface area contributed by atoms with Crippen LogP contribution in [0, 0.1) is 6.92 Å². The minimum Gasteiger partial charge on any atom is -0.489 e. The molecule has 2 aromatic carbocycles. The van der Waals surface area contributed by atoms with E-state index in [1.54, 1.807) is 10.9 Å². The maximum Gasteiger partial charge on any atom is 0.248 e. The quantitative estimate of drug-likeness (QED) is 0.549. The predicted octanol–water partition coefficient (Wildman–Crippen LogP) is 4.01. The predicted molar refractivity (Wildman–Crippen MR) is 114 cm³/mol. The highest BCUT2D eigenvalue weighted by Crippen LogP contribution is 2.32. The first-order valence-corrected chi connectivity index (χ1v) is 9.72. The van der Waals surface area contributed by atoms with Gasteiger partial charge in [-0.05, 0) is 58.8 Å². The molecular weight excluding hydrogens is 376 g/mol. The highest BCUT2D eigenvalue weighted by atomic mass is 16.5. The fourth-order valence-electron chi connectivity index (χ4n) is 3.39. The molecule has 0 aliphatic carbocycles. The molecule has 7 heteroatoms. The molecule has 0 bridgehead atoms. The third-order valence-electron chi connectivity index (χ3n) is 5.05. The van der Waals surface area contributed by atoms with Crippen molar-refractivity contribution in [1.29, 1.82) is 0 Å². The molecule has 0 spiro atoms. The summed E-state index contributed by atoms with van der Waals surface area (Å²) in [4.78, 5) is 4.21. The number of benzene rings is 2. The molecule has 2 aromatic heterocycles. The average Bonchev–Trinajstić information content (AvgIpc) is 3.28. The van der Waals surface area contributed by atoms with Crippen LogP contribution in [0.25, 0.3) is 5.70 Å². The number of nitrogens with one attached hydrogen (secondary N) is 1. The van der Waals surface area contributed by atoms with Gasteiger partial charge in [0, 0.05) is 23.7 Å². The summed E-state index contributed by atoms with van der Waals surface area (Å²) >= 11 is 0. The lowest BCUT2D eigenvalue weighted by Crippen LogP contribution is -2.20. The van der Waals surface area contributed by atoms with Crippen molar-refractivity contribution in [2.45, 2.75) is 19.6 Å². The third kappa shape index (κ3) is 3.65. The van der Waals surface area contributed by atoms with Gasteiger partial charge in [-0.3, -0.25) is 4.98 Å². The molecule has 30 heavy (non-hydrogen) atoms. The van der Waals surface area contributed by atoms with Crippen LogP contribution in [0.15, 0.2) is 79.1 Å². The van der Waals surface area contributed by atoms with Gasteiger partial charge in [-0.15, -0.1) is 0 Å². The van der Waals surface area contributed by atoms with Crippen LogP contribution in [0.5, 0.6) is 5.75 Å². The van der Waals surface area contributed by atoms with E-state index in [-0.39, 0.29) is 6.04 Å². The number of rotatable bonds is 5. The van der Waals surface area contributed by atoms with Crippen LogP contribution in [-0.4, -0.2) is 25.2 Å². The highest BCUT2D eigenvalue weighted by Gasteiger charge is 2.24. The van der Waals surface area contributed by atoms with Gasteiger partial charge in [0.25, 0.3) is 0 Å². The molecule has 0 saturated carbocycles. The number of aromatic nitrogens is 5. The molecule has 0 amide bonds. The Morgan fingerprint density at radius 1 is 1.03 bits per heavy atom. The van der Waals surface area contributed by atoms with Crippen LogP contribution < -0.4 is 10.1 Å². The first-order valence-electron chi connectivity index (χ1n) is 9.72. The second-order valence-electron chi connectivity index (χ2n) is 7.18. The monoisotopic (exact) mass is 396 g/mol. The van der Waals surface area contributed by atoms with Crippen LogP contribution in [0.1, 0.15) is 28.3 Å². The number of pyridine rings is 1. The van der Waals surface area contributed by atoms with Gasteiger partial charge in [-0.2, -0.15) is 4.68 Å². The topological polar surface area (TPSA) is 77.8 Å². The Hall–Kier alpha value is -4.00. The molecule has 0 fully saturated rings. The SMILES string of the molecule is Cc1ccc(COc2ccc([C@H]3C=C(c4cccnc4)Nc4nnnn43)cc2)cc1. The zero-order valence-corrected chi connectivity index (χ0v) is 16.4. The largest absolute Gasteiger partial charge is 0.489 e. The molecule has 5 rings (SSSR count). The number of hydrogen-bond donors (Lipinski definition) is 1. The maximum atomic E-state index is 5.94. The van der Waals surface area contributed by atoms with Gasteiger partial charge in [0.05, 0.1) is 0 Å². The van der Waals surface area contributed by atoms with Gasteiger partial charge >= 0.3 is 0 Å². The smallest absolute Gasteiger partial charge is 0.248 e. The molecule has 7 nitrogen and oxygen atoms in total. The van der Waals surface area contributed by atoms with Crippen LogP contribution >= 0.6 is 0 Å². The molecule has 148 valence electrons. The van der Waals surface area contributed by atoms with Gasteiger partial charge < -0.3 is 10.1 Å². The number of aryl methyl sites for hydroxylation is 1. The molecule has 1 atom stereocenters. The van der Waals surface area contributed by atoms with Crippen molar-refractivity contribution in [2.24, 2.45) is 0 Å². The van der Waals surface area contributed by atoms with E-state index in [9.17, 15) is 0 Å². The molecule has 1 aliphatic heterocycles. The number of anilines is 1. The number of fused-ring (bicyclic) bond motifs is 1. The van der Waals surface area contributed by atoms with E-state index in [2.05, 4.69) is 63.1 Å². The van der Waals surface area contributed by atoms with E-state index in [1.807, 2.05) is 42.6 Å². The summed E-state index contributed by atoms with van der Waals surface area (Å²) < 4.78 is 7.70. The molecule has 0 radical (unpaired) electrons. The molecule has 1 aliphatic rings. The van der Waals surface area contributed by atoms with Gasteiger partial charge in [0.1, 0.15) is 18.4 Å². The standard InChI is InChI=1S/C23H20N6O/c1-16-4-6-17(7-5-16)15-30-20-10-8-18(9-11-20)22-13-21(19-3-2-12-24-14-19)25-23-26-27-28-29(22)23/h2-14,22H,15H2,1H3,(H,25,26,28)/t22-/m1/s1. The zero-order chi connectivity index (χ0) is 20.3. The average molecular weight is 396 g/mol.